The summed E-state index contributed by atoms with van der Waals surface area (Å²) in [5, 5.41) is 3.06. The summed E-state index contributed by atoms with van der Waals surface area (Å²) in [6.45, 7) is 4.64. The number of rotatable bonds is 8. The van der Waals surface area contributed by atoms with Crippen molar-refractivity contribution in [1.82, 2.24) is 0 Å². The largest absolute Gasteiger partial charge is 0.748 e. The van der Waals surface area contributed by atoms with Crippen LogP contribution in [0.3, 0.4) is 0 Å². The average molecular weight is 745 g/mol. The van der Waals surface area contributed by atoms with E-state index in [4.69, 9.17) is 0 Å². The second kappa shape index (κ2) is 15.9. The molecular formula is C48H50FeP2-6. The molecule has 4 saturated carbocycles. The predicted octanol–water partition coefficient (Wildman–Crippen LogP) is 12.0. The fourth-order valence-electron chi connectivity index (χ4n) is 10.4. The molecule has 1 unspecified atom stereocenters. The van der Waals surface area contributed by atoms with Gasteiger partial charge in [-0.05, 0) is 109 Å². The Morgan fingerprint density at radius 3 is 1.55 bits per heavy atom. The van der Waals surface area contributed by atoms with Crippen LogP contribution in [-0.4, -0.2) is 6.16 Å². The third-order valence-electron chi connectivity index (χ3n) is 12.4. The monoisotopic (exact) mass is 744 g/mol. The van der Waals surface area contributed by atoms with Crippen LogP contribution >= 0.6 is 17.2 Å². The molecule has 0 radical (unpaired) electrons. The minimum Gasteiger partial charge on any atom is -0.748 e. The van der Waals surface area contributed by atoms with Gasteiger partial charge >= 0.3 is 0 Å². The Hall–Kier alpha value is -3.04. The molecule has 0 saturated heterocycles. The standard InChI is InChI=1S/C43H45P2.C5H5.Fe/c1-29-13-9-11-19-39(29)45(40-20-12-10-14-30(40)2)27-35-26-38(33-15-5-3-6-16-33)41(34-17-7-4-8-18-34)42(35)43(28-44)36-22-31-21-32(24-36)25-37(43)23-31;1-2-4-5-3-1;/h3-20,26,31-32,36-37H,21-25,27-28,44H2,1-2H3;1-5H;/q-1;-5;. The first kappa shape index (κ1) is 36.3. The van der Waals surface area contributed by atoms with Crippen LogP contribution in [0.4, 0.5) is 0 Å². The number of aryl methyl sites for hydroxylation is 2. The second-order valence-corrected chi connectivity index (χ2v) is 17.8. The summed E-state index contributed by atoms with van der Waals surface area (Å²) in [5.74, 6) is 3.45. The van der Waals surface area contributed by atoms with Gasteiger partial charge in [-0.1, -0.05) is 128 Å². The summed E-state index contributed by atoms with van der Waals surface area (Å²) in [6.07, 6.45) is 9.43. The van der Waals surface area contributed by atoms with E-state index in [2.05, 4.69) is 138 Å². The van der Waals surface area contributed by atoms with E-state index in [0.717, 1.165) is 29.8 Å². The number of benzene rings is 4. The molecule has 51 heavy (non-hydrogen) atoms. The van der Waals surface area contributed by atoms with Gasteiger partial charge in [0.25, 0.3) is 0 Å². The van der Waals surface area contributed by atoms with E-state index in [9.17, 15) is 0 Å². The van der Waals surface area contributed by atoms with Gasteiger partial charge in [-0.25, -0.2) is 0 Å². The van der Waals surface area contributed by atoms with Gasteiger partial charge in [-0.3, -0.25) is 0 Å². The van der Waals surface area contributed by atoms with E-state index < -0.39 is 7.92 Å². The molecule has 4 fully saturated rings. The van der Waals surface area contributed by atoms with E-state index in [1.807, 2.05) is 30.3 Å². The van der Waals surface area contributed by atoms with Crippen molar-refractivity contribution < 1.29 is 17.1 Å². The molecule has 0 heterocycles. The zero-order valence-electron chi connectivity index (χ0n) is 30.0. The maximum Gasteiger partial charge on any atom is 0 e. The van der Waals surface area contributed by atoms with Gasteiger partial charge in [0, 0.05) is 17.1 Å². The fraction of sp³-hybridized carbons (Fsp3) is 0.292. The van der Waals surface area contributed by atoms with Crippen LogP contribution in [0.5, 0.6) is 0 Å². The molecule has 0 aromatic heterocycles. The van der Waals surface area contributed by atoms with E-state index in [0.29, 0.717) is 0 Å². The van der Waals surface area contributed by atoms with Gasteiger partial charge in [-0.2, -0.15) is 17.2 Å². The molecule has 0 spiro atoms. The Kier molecular flexibility index (Phi) is 11.3. The predicted molar refractivity (Wildman–Crippen MR) is 220 cm³/mol. The Morgan fingerprint density at radius 1 is 0.627 bits per heavy atom. The van der Waals surface area contributed by atoms with Crippen molar-refractivity contribution in [2.24, 2.45) is 23.7 Å². The Balaban J connectivity index is 0.000000625. The van der Waals surface area contributed by atoms with Crippen molar-refractivity contribution in [3.63, 3.8) is 0 Å². The Morgan fingerprint density at radius 2 is 1.08 bits per heavy atom. The topological polar surface area (TPSA) is 0 Å². The summed E-state index contributed by atoms with van der Waals surface area (Å²) < 4.78 is 0. The molecule has 0 amide bonds. The van der Waals surface area contributed by atoms with Crippen molar-refractivity contribution in [3.8, 4) is 22.3 Å². The SMILES string of the molecule is Cc1ccccc1P(C[c-]1cc(-c2ccccc2)c(-c2ccccc2)c1C1(CP)C2CC3CC(C2)CC1C3)c1ccccc1C.[Fe].[cH-]1[cH-][cH-][cH-][cH-]1. The Bertz CT molecular complexity index is 1910. The average Bonchev–Trinajstić information content (AvgIpc) is 3.86. The van der Waals surface area contributed by atoms with Gasteiger partial charge < -0.3 is 30.3 Å². The van der Waals surface area contributed by atoms with Crippen LogP contribution in [-0.2, 0) is 28.6 Å². The Labute approximate surface area is 320 Å². The molecule has 0 nitrogen and oxygen atoms in total. The van der Waals surface area contributed by atoms with Crippen molar-refractivity contribution in [2.45, 2.75) is 57.5 Å². The van der Waals surface area contributed by atoms with Gasteiger partial charge in [-0.15, -0.1) is 20.4 Å². The first-order valence-electron chi connectivity index (χ1n) is 18.8. The van der Waals surface area contributed by atoms with Gasteiger partial charge in [0.05, 0.1) is 0 Å². The van der Waals surface area contributed by atoms with Gasteiger partial charge in [0.15, 0.2) is 0 Å². The molecule has 6 aromatic rings. The van der Waals surface area contributed by atoms with Crippen LogP contribution in [0, 0.1) is 37.5 Å². The zero-order valence-corrected chi connectivity index (χ0v) is 33.1. The molecule has 266 valence electrons. The molecular weight excluding hydrogens is 694 g/mol. The maximum absolute atomic E-state index is 3.32. The van der Waals surface area contributed by atoms with Gasteiger partial charge in [0.2, 0.25) is 0 Å². The number of hydrogen-bond donors (Lipinski definition) is 0. The molecule has 4 aliphatic rings. The summed E-state index contributed by atoms with van der Waals surface area (Å²) in [6, 6.07) is 53.8. The molecule has 6 aromatic carbocycles. The van der Waals surface area contributed by atoms with E-state index >= 15 is 0 Å². The minimum absolute atomic E-state index is 0. The fourth-order valence-corrected chi connectivity index (χ4v) is 14.0. The van der Waals surface area contributed by atoms with E-state index in [1.54, 1.807) is 11.1 Å². The van der Waals surface area contributed by atoms with Crippen LogP contribution in [0.2, 0.25) is 0 Å². The van der Waals surface area contributed by atoms with E-state index in [1.165, 1.54) is 82.3 Å². The quantitative estimate of drug-likeness (QED) is 0.0827. The first-order chi connectivity index (χ1) is 24.6. The molecule has 10 rings (SSSR count). The molecule has 1 atom stereocenters. The minimum atomic E-state index is -0.592. The smallest absolute Gasteiger partial charge is 0 e. The van der Waals surface area contributed by atoms with E-state index in [-0.39, 0.29) is 22.5 Å². The van der Waals surface area contributed by atoms with Crippen LogP contribution in [0.1, 0.15) is 54.4 Å². The van der Waals surface area contributed by atoms with Crippen molar-refractivity contribution in [3.05, 3.63) is 168 Å². The molecule has 4 aliphatic carbocycles. The summed E-state index contributed by atoms with van der Waals surface area (Å²) in [4.78, 5) is 0. The van der Waals surface area contributed by atoms with Gasteiger partial charge in [0.1, 0.15) is 0 Å². The van der Waals surface area contributed by atoms with Crippen molar-refractivity contribution in [2.75, 3.05) is 6.16 Å². The molecule has 0 N–H and O–H groups in total. The molecule has 4 bridgehead atoms. The number of hydrogen-bond acceptors (Lipinski definition) is 0. The zero-order chi connectivity index (χ0) is 34.1. The molecule has 0 aliphatic heterocycles. The normalized spacial score (nSPS) is 23.1. The third-order valence-corrected chi connectivity index (χ3v) is 15.9. The van der Waals surface area contributed by atoms with Crippen LogP contribution < -0.4 is 10.6 Å². The van der Waals surface area contributed by atoms with Crippen molar-refractivity contribution >= 4 is 27.8 Å². The second-order valence-electron chi connectivity index (χ2n) is 15.2. The maximum atomic E-state index is 3.32. The summed E-state index contributed by atoms with van der Waals surface area (Å²) >= 11 is 0. The summed E-state index contributed by atoms with van der Waals surface area (Å²) in [7, 11) is 2.73. The van der Waals surface area contributed by atoms with Crippen LogP contribution in [0.25, 0.3) is 22.3 Å². The van der Waals surface area contributed by atoms with Crippen LogP contribution in [0.15, 0.2) is 146 Å². The van der Waals surface area contributed by atoms with Crippen molar-refractivity contribution in [1.29, 1.82) is 0 Å². The summed E-state index contributed by atoms with van der Waals surface area (Å²) in [5.41, 5.74) is 12.1. The molecule has 3 heteroatoms. The first-order valence-corrected chi connectivity index (χ1v) is 21.1. The third kappa shape index (κ3) is 6.94.